The summed E-state index contributed by atoms with van der Waals surface area (Å²) in [6.07, 6.45) is -0.952. The quantitative estimate of drug-likeness (QED) is 0.849. The average Bonchev–Trinajstić information content (AvgIpc) is 2.91. The molecule has 5 nitrogen and oxygen atoms in total. The van der Waals surface area contributed by atoms with Gasteiger partial charge in [0.15, 0.2) is 6.17 Å². The van der Waals surface area contributed by atoms with Crippen molar-refractivity contribution >= 4 is 11.7 Å². The van der Waals surface area contributed by atoms with E-state index in [-0.39, 0.29) is 12.5 Å². The predicted molar refractivity (Wildman–Crippen MR) is 97.4 cm³/mol. The van der Waals surface area contributed by atoms with Crippen molar-refractivity contribution < 1.29 is 13.9 Å². The van der Waals surface area contributed by atoms with Crippen LogP contribution in [0, 0.1) is 6.92 Å². The van der Waals surface area contributed by atoms with Gasteiger partial charge >= 0.3 is 0 Å². The number of halogens is 1. The first-order valence-corrected chi connectivity index (χ1v) is 8.89. The van der Waals surface area contributed by atoms with E-state index in [4.69, 9.17) is 4.74 Å². The Balaban J connectivity index is 1.49. The molecule has 26 heavy (non-hydrogen) atoms. The third-order valence-corrected chi connectivity index (χ3v) is 5.04. The number of aryl methyl sites for hydroxylation is 1. The zero-order chi connectivity index (χ0) is 18.3. The minimum atomic E-state index is -1.09. The minimum absolute atomic E-state index is 0.000451. The summed E-state index contributed by atoms with van der Waals surface area (Å²) in [5.41, 5.74) is 2.34. The Morgan fingerprint density at radius 2 is 2.04 bits per heavy atom. The molecule has 1 amide bonds. The number of pyridine rings is 1. The van der Waals surface area contributed by atoms with Crippen LogP contribution >= 0.6 is 0 Å². The number of fused-ring (bicyclic) bond motifs is 1. The molecule has 0 bridgehead atoms. The van der Waals surface area contributed by atoms with E-state index >= 15 is 0 Å². The highest BCUT2D eigenvalue weighted by Gasteiger charge is 2.33. The summed E-state index contributed by atoms with van der Waals surface area (Å²) >= 11 is 0. The van der Waals surface area contributed by atoms with Crippen LogP contribution in [0.5, 0.6) is 5.75 Å². The molecule has 1 saturated heterocycles. The number of carbonyl (C=O) groups excluding carboxylic acids is 1. The maximum absolute atomic E-state index is 14.7. The van der Waals surface area contributed by atoms with Crippen molar-refractivity contribution in [3.63, 3.8) is 0 Å². The second-order valence-corrected chi connectivity index (χ2v) is 7.00. The number of amides is 1. The summed E-state index contributed by atoms with van der Waals surface area (Å²) in [4.78, 5) is 20.4. The van der Waals surface area contributed by atoms with Crippen LogP contribution in [0.25, 0.3) is 0 Å². The molecular formula is C20H22FN3O2. The number of alkyl halides is 1. The minimum Gasteiger partial charge on any atom is -0.487 e. The molecule has 3 heterocycles. The number of piperidine rings is 1. The maximum Gasteiger partial charge on any atom is 0.255 e. The van der Waals surface area contributed by atoms with E-state index in [1.165, 1.54) is 0 Å². The summed E-state index contributed by atoms with van der Waals surface area (Å²) in [7, 11) is 1.77. The molecule has 2 atom stereocenters. The van der Waals surface area contributed by atoms with Crippen LogP contribution in [-0.4, -0.2) is 48.2 Å². The molecule has 1 fully saturated rings. The van der Waals surface area contributed by atoms with E-state index in [0.717, 1.165) is 17.1 Å². The normalized spacial score (nSPS) is 22.5. The number of carbonyl (C=O) groups is 1. The Labute approximate surface area is 152 Å². The van der Waals surface area contributed by atoms with Crippen molar-refractivity contribution in [3.05, 3.63) is 53.2 Å². The van der Waals surface area contributed by atoms with Crippen LogP contribution in [0.4, 0.5) is 10.2 Å². The van der Waals surface area contributed by atoms with Gasteiger partial charge < -0.3 is 14.5 Å². The highest BCUT2D eigenvalue weighted by molar-refractivity contribution is 5.98. The molecule has 4 rings (SSSR count). The van der Waals surface area contributed by atoms with Crippen molar-refractivity contribution in [2.75, 3.05) is 25.0 Å². The van der Waals surface area contributed by atoms with E-state index in [1.54, 1.807) is 11.9 Å². The number of ether oxygens (including phenoxy) is 1. The number of para-hydroxylation sites is 1. The lowest BCUT2D eigenvalue weighted by molar-refractivity contribution is 0.0816. The van der Waals surface area contributed by atoms with Crippen molar-refractivity contribution in [1.82, 2.24) is 9.88 Å². The fourth-order valence-electron chi connectivity index (χ4n) is 3.65. The molecule has 0 saturated carbocycles. The lowest BCUT2D eigenvalue weighted by atomic mass is 10.0. The number of hydrogen-bond donors (Lipinski definition) is 0. The highest BCUT2D eigenvalue weighted by Crippen LogP contribution is 2.30. The van der Waals surface area contributed by atoms with E-state index < -0.39 is 12.3 Å². The first-order valence-electron chi connectivity index (χ1n) is 8.89. The van der Waals surface area contributed by atoms with Gasteiger partial charge in [0.2, 0.25) is 0 Å². The van der Waals surface area contributed by atoms with Gasteiger partial charge in [0.25, 0.3) is 5.91 Å². The summed E-state index contributed by atoms with van der Waals surface area (Å²) in [6, 6.07) is 11.2. The van der Waals surface area contributed by atoms with Crippen LogP contribution in [0.3, 0.4) is 0 Å². The number of nitrogens with zero attached hydrogens (tertiary/aromatic N) is 3. The first-order chi connectivity index (χ1) is 12.5. The van der Waals surface area contributed by atoms with Gasteiger partial charge in [-0.05, 0) is 30.7 Å². The highest BCUT2D eigenvalue weighted by atomic mass is 19.1. The zero-order valence-electron chi connectivity index (χ0n) is 15.0. The number of rotatable bonds is 3. The molecule has 0 radical (unpaired) electrons. The van der Waals surface area contributed by atoms with Gasteiger partial charge in [0, 0.05) is 20.0 Å². The van der Waals surface area contributed by atoms with E-state index in [1.807, 2.05) is 48.2 Å². The molecule has 2 aliphatic rings. The third kappa shape index (κ3) is 3.00. The second-order valence-electron chi connectivity index (χ2n) is 7.00. The molecule has 1 aromatic carbocycles. The van der Waals surface area contributed by atoms with Gasteiger partial charge in [-0.3, -0.25) is 4.79 Å². The van der Waals surface area contributed by atoms with Crippen LogP contribution < -0.4 is 9.64 Å². The number of benzene rings is 1. The number of hydrogen-bond acceptors (Lipinski definition) is 4. The van der Waals surface area contributed by atoms with Gasteiger partial charge in [-0.2, -0.15) is 0 Å². The predicted octanol–water partition coefficient (Wildman–Crippen LogP) is 2.97. The summed E-state index contributed by atoms with van der Waals surface area (Å²) < 4.78 is 20.6. The molecule has 1 aromatic heterocycles. The van der Waals surface area contributed by atoms with Crippen molar-refractivity contribution in [2.45, 2.75) is 32.2 Å². The van der Waals surface area contributed by atoms with Crippen LogP contribution in [0.2, 0.25) is 0 Å². The van der Waals surface area contributed by atoms with Crippen molar-refractivity contribution in [2.24, 2.45) is 0 Å². The van der Waals surface area contributed by atoms with Crippen LogP contribution in [-0.2, 0) is 6.54 Å². The van der Waals surface area contributed by atoms with Gasteiger partial charge in [-0.25, -0.2) is 9.37 Å². The van der Waals surface area contributed by atoms with Gasteiger partial charge in [-0.1, -0.05) is 18.2 Å². The van der Waals surface area contributed by atoms with Crippen LogP contribution in [0.15, 0.2) is 36.4 Å². The molecule has 2 aromatic rings. The Bertz CT molecular complexity index is 827. The second kappa shape index (κ2) is 6.59. The SMILES string of the molecule is Cc1cc2c(nc1N1CC[C@@H](Oc3ccccc3)[C@@H](F)C1)CN(C)C2=O. The molecule has 6 heteroatoms. The smallest absolute Gasteiger partial charge is 0.255 e. The van der Waals surface area contributed by atoms with Crippen molar-refractivity contribution in [1.29, 1.82) is 0 Å². The topological polar surface area (TPSA) is 45.7 Å². The fraction of sp³-hybridized carbons (Fsp3) is 0.400. The molecule has 136 valence electrons. The lowest BCUT2D eigenvalue weighted by Crippen LogP contribution is -2.47. The molecule has 2 aliphatic heterocycles. The monoisotopic (exact) mass is 355 g/mol. The van der Waals surface area contributed by atoms with E-state index in [2.05, 4.69) is 4.98 Å². The van der Waals surface area contributed by atoms with E-state index in [9.17, 15) is 9.18 Å². The summed E-state index contributed by atoms with van der Waals surface area (Å²) in [5, 5.41) is 0. The zero-order valence-corrected chi connectivity index (χ0v) is 15.0. The Kier molecular flexibility index (Phi) is 4.26. The number of anilines is 1. The largest absolute Gasteiger partial charge is 0.487 e. The van der Waals surface area contributed by atoms with Gasteiger partial charge in [-0.15, -0.1) is 0 Å². The Morgan fingerprint density at radius 3 is 2.77 bits per heavy atom. The standard InChI is InChI=1S/C20H22FN3O2/c1-13-10-15-17(12-23(2)20(15)25)22-19(13)24-9-8-18(16(21)11-24)26-14-6-4-3-5-7-14/h3-7,10,16,18H,8-9,11-12H2,1-2H3/t16-,18+/m0/s1. The Morgan fingerprint density at radius 1 is 1.27 bits per heavy atom. The Hall–Kier alpha value is -2.63. The molecule has 0 aliphatic carbocycles. The van der Waals surface area contributed by atoms with E-state index in [0.29, 0.717) is 30.8 Å². The lowest BCUT2D eigenvalue weighted by Gasteiger charge is -2.36. The molecular weight excluding hydrogens is 333 g/mol. The van der Waals surface area contributed by atoms with Gasteiger partial charge in [0.1, 0.15) is 17.7 Å². The number of aromatic nitrogens is 1. The molecule has 0 N–H and O–H groups in total. The summed E-state index contributed by atoms with van der Waals surface area (Å²) in [5.74, 6) is 1.47. The summed E-state index contributed by atoms with van der Waals surface area (Å²) in [6.45, 7) is 3.35. The first kappa shape index (κ1) is 16.8. The maximum atomic E-state index is 14.7. The third-order valence-electron chi connectivity index (χ3n) is 5.04. The van der Waals surface area contributed by atoms with Gasteiger partial charge in [0.05, 0.1) is 24.3 Å². The average molecular weight is 355 g/mol. The molecule has 0 unspecified atom stereocenters. The van der Waals surface area contributed by atoms with Crippen LogP contribution in [0.1, 0.15) is 28.0 Å². The molecule has 0 spiro atoms. The fourth-order valence-corrected chi connectivity index (χ4v) is 3.65. The van der Waals surface area contributed by atoms with Crippen molar-refractivity contribution in [3.8, 4) is 5.75 Å².